The first kappa shape index (κ1) is 24.3. The molecule has 3 saturated heterocycles. The number of halogens is 3. The van der Waals surface area contributed by atoms with Crippen molar-refractivity contribution in [3.05, 3.63) is 35.1 Å². The molecule has 0 spiro atoms. The van der Waals surface area contributed by atoms with Gasteiger partial charge in [-0.05, 0) is 62.5 Å². The normalized spacial score (nSPS) is 26.5. The van der Waals surface area contributed by atoms with Gasteiger partial charge in [0.05, 0.1) is 5.75 Å². The molecule has 3 fully saturated rings. The maximum atomic E-state index is 14.0. The van der Waals surface area contributed by atoms with E-state index in [9.17, 15) is 26.4 Å². The van der Waals surface area contributed by atoms with E-state index in [0.29, 0.717) is 32.0 Å². The lowest BCUT2D eigenvalue weighted by Crippen LogP contribution is -2.52. The summed E-state index contributed by atoms with van der Waals surface area (Å²) < 4.78 is 68.4. The van der Waals surface area contributed by atoms with Crippen LogP contribution in [0.1, 0.15) is 44.1 Å². The Morgan fingerprint density at radius 2 is 1.67 bits per heavy atom. The highest BCUT2D eigenvalue weighted by Gasteiger charge is 2.47. The van der Waals surface area contributed by atoms with Gasteiger partial charge in [-0.1, -0.05) is 0 Å². The SMILES string of the molecule is N[C@H](Cc1cc(F)c(F)cc1F)C1C[C@H]2CC[C@H](C1)N2S(=O)(=O)CCNC(=O)N1CCCC1. The number of nitrogens with two attached hydrogens (primary N) is 1. The van der Waals surface area contributed by atoms with Crippen LogP contribution in [0.15, 0.2) is 12.1 Å². The van der Waals surface area contributed by atoms with Gasteiger partial charge in [-0.25, -0.2) is 26.4 Å². The number of rotatable bonds is 7. The van der Waals surface area contributed by atoms with E-state index in [1.807, 2.05) is 0 Å². The number of carbonyl (C=O) groups is 1. The molecule has 0 aliphatic carbocycles. The number of piperidine rings is 1. The molecule has 0 saturated carbocycles. The van der Waals surface area contributed by atoms with Crippen molar-refractivity contribution in [3.63, 3.8) is 0 Å². The Balaban J connectivity index is 1.33. The molecular weight excluding hydrogens is 457 g/mol. The van der Waals surface area contributed by atoms with Gasteiger partial charge < -0.3 is 16.0 Å². The van der Waals surface area contributed by atoms with Gasteiger partial charge in [-0.3, -0.25) is 0 Å². The second-order valence-corrected chi connectivity index (χ2v) is 11.4. The minimum Gasteiger partial charge on any atom is -0.337 e. The Kier molecular flexibility index (Phi) is 7.20. The van der Waals surface area contributed by atoms with Crippen LogP contribution in [0.5, 0.6) is 0 Å². The molecule has 3 aliphatic rings. The van der Waals surface area contributed by atoms with Gasteiger partial charge in [-0.15, -0.1) is 0 Å². The largest absolute Gasteiger partial charge is 0.337 e. The number of amides is 2. The Bertz CT molecular complexity index is 973. The van der Waals surface area contributed by atoms with E-state index in [-0.39, 0.29) is 48.3 Å². The number of benzene rings is 1. The van der Waals surface area contributed by atoms with Crippen molar-refractivity contribution in [2.75, 3.05) is 25.4 Å². The summed E-state index contributed by atoms with van der Waals surface area (Å²) in [5, 5.41) is 2.71. The Hall–Kier alpha value is -1.85. The Labute approximate surface area is 192 Å². The predicted octanol–water partition coefficient (Wildman–Crippen LogP) is 2.35. The summed E-state index contributed by atoms with van der Waals surface area (Å²) in [7, 11) is -3.56. The van der Waals surface area contributed by atoms with Crippen LogP contribution in [-0.4, -0.2) is 67.2 Å². The minimum absolute atomic E-state index is 0.0255. The average molecular weight is 489 g/mol. The summed E-state index contributed by atoms with van der Waals surface area (Å²) in [5.41, 5.74) is 6.34. The quantitative estimate of drug-likeness (QED) is 0.576. The van der Waals surface area contributed by atoms with Crippen molar-refractivity contribution < 1.29 is 26.4 Å². The second-order valence-electron chi connectivity index (χ2n) is 9.41. The van der Waals surface area contributed by atoms with Crippen molar-refractivity contribution in [2.45, 2.75) is 63.1 Å². The number of hydrogen-bond acceptors (Lipinski definition) is 4. The van der Waals surface area contributed by atoms with Crippen LogP contribution >= 0.6 is 0 Å². The third kappa shape index (κ3) is 5.30. The summed E-state index contributed by atoms with van der Waals surface area (Å²) in [6.45, 7) is 1.46. The van der Waals surface area contributed by atoms with Gasteiger partial charge in [0.15, 0.2) is 11.6 Å². The highest BCUT2D eigenvalue weighted by Crippen LogP contribution is 2.42. The van der Waals surface area contributed by atoms with Crippen LogP contribution in [0.2, 0.25) is 0 Å². The van der Waals surface area contributed by atoms with Crippen molar-refractivity contribution in [1.82, 2.24) is 14.5 Å². The molecule has 184 valence electrons. The van der Waals surface area contributed by atoms with Gasteiger partial charge >= 0.3 is 6.03 Å². The van der Waals surface area contributed by atoms with E-state index >= 15 is 0 Å². The predicted molar refractivity (Wildman–Crippen MR) is 117 cm³/mol. The van der Waals surface area contributed by atoms with Crippen LogP contribution in [0.4, 0.5) is 18.0 Å². The molecule has 1 aromatic rings. The number of sulfonamides is 1. The molecule has 3 heterocycles. The fourth-order valence-electron chi connectivity index (χ4n) is 5.55. The van der Waals surface area contributed by atoms with Crippen molar-refractivity contribution in [1.29, 1.82) is 0 Å². The standard InChI is InChI=1S/C22H31F3N4O3S/c23-18-13-20(25)19(24)11-14(18)12-21(26)15-9-16-3-4-17(10-15)29(16)33(31,32)8-5-27-22(30)28-6-1-2-7-28/h11,13,15-17,21H,1-10,12,26H2,(H,27,30)/t16-,17-,21-/m1/s1. The molecule has 1 aromatic carbocycles. The van der Waals surface area contributed by atoms with E-state index in [4.69, 9.17) is 5.73 Å². The zero-order valence-electron chi connectivity index (χ0n) is 18.5. The molecule has 3 aliphatic heterocycles. The van der Waals surface area contributed by atoms with E-state index in [1.54, 1.807) is 9.21 Å². The maximum absolute atomic E-state index is 14.0. The summed E-state index contributed by atoms with van der Waals surface area (Å²) in [5.74, 6) is -3.38. The fraction of sp³-hybridized carbons (Fsp3) is 0.682. The van der Waals surface area contributed by atoms with Gasteiger partial charge in [0.25, 0.3) is 0 Å². The van der Waals surface area contributed by atoms with E-state index in [2.05, 4.69) is 5.32 Å². The first-order valence-corrected chi connectivity index (χ1v) is 13.2. The van der Waals surface area contributed by atoms with Crippen molar-refractivity contribution in [3.8, 4) is 0 Å². The molecule has 4 rings (SSSR count). The molecule has 2 bridgehead atoms. The number of hydrogen-bond donors (Lipinski definition) is 2. The van der Waals surface area contributed by atoms with Gasteiger partial charge in [0.2, 0.25) is 10.0 Å². The van der Waals surface area contributed by atoms with Crippen LogP contribution in [0.3, 0.4) is 0 Å². The number of urea groups is 1. The summed E-state index contributed by atoms with van der Waals surface area (Å²) in [4.78, 5) is 13.8. The summed E-state index contributed by atoms with van der Waals surface area (Å²) >= 11 is 0. The number of nitrogens with one attached hydrogen (secondary N) is 1. The highest BCUT2D eigenvalue weighted by atomic mass is 32.2. The molecule has 2 amide bonds. The Morgan fingerprint density at radius 1 is 1.06 bits per heavy atom. The van der Waals surface area contributed by atoms with E-state index in [0.717, 1.165) is 31.7 Å². The molecule has 11 heteroatoms. The van der Waals surface area contributed by atoms with E-state index in [1.165, 1.54) is 0 Å². The first-order chi connectivity index (χ1) is 15.7. The highest BCUT2D eigenvalue weighted by molar-refractivity contribution is 7.89. The number of carbonyl (C=O) groups excluding carboxylic acids is 1. The monoisotopic (exact) mass is 488 g/mol. The molecule has 33 heavy (non-hydrogen) atoms. The first-order valence-electron chi connectivity index (χ1n) is 11.6. The molecule has 3 atom stereocenters. The third-order valence-corrected chi connectivity index (χ3v) is 9.16. The minimum atomic E-state index is -3.56. The van der Waals surface area contributed by atoms with Crippen LogP contribution < -0.4 is 11.1 Å². The van der Waals surface area contributed by atoms with Crippen LogP contribution in [-0.2, 0) is 16.4 Å². The van der Waals surface area contributed by atoms with Crippen molar-refractivity contribution >= 4 is 16.1 Å². The molecule has 3 N–H and O–H groups in total. The summed E-state index contributed by atoms with van der Waals surface area (Å²) in [6, 6.07) is 0.285. The Morgan fingerprint density at radius 3 is 2.30 bits per heavy atom. The lowest BCUT2D eigenvalue weighted by molar-refractivity contribution is 0.170. The molecule has 0 radical (unpaired) electrons. The van der Waals surface area contributed by atoms with Crippen LogP contribution in [0, 0.1) is 23.4 Å². The maximum Gasteiger partial charge on any atom is 0.317 e. The van der Waals surface area contributed by atoms with Crippen molar-refractivity contribution in [2.24, 2.45) is 11.7 Å². The topological polar surface area (TPSA) is 95.7 Å². The average Bonchev–Trinajstić information content (AvgIpc) is 3.39. The lowest BCUT2D eigenvalue weighted by atomic mass is 9.83. The number of likely N-dealkylation sites (tertiary alicyclic amines) is 1. The van der Waals surface area contributed by atoms with Gasteiger partial charge in [0, 0.05) is 43.8 Å². The zero-order valence-corrected chi connectivity index (χ0v) is 19.3. The van der Waals surface area contributed by atoms with Gasteiger partial charge in [0.1, 0.15) is 5.82 Å². The molecule has 0 aromatic heterocycles. The number of fused-ring (bicyclic) bond motifs is 2. The van der Waals surface area contributed by atoms with Gasteiger partial charge in [-0.2, -0.15) is 4.31 Å². The van der Waals surface area contributed by atoms with Crippen LogP contribution in [0.25, 0.3) is 0 Å². The zero-order chi connectivity index (χ0) is 23.8. The second kappa shape index (κ2) is 9.79. The molecule has 0 unspecified atom stereocenters. The fourth-order valence-corrected chi connectivity index (χ4v) is 7.41. The molecular formula is C22H31F3N4O3S. The third-order valence-electron chi connectivity index (χ3n) is 7.20. The smallest absolute Gasteiger partial charge is 0.317 e. The van der Waals surface area contributed by atoms with E-state index < -0.39 is 33.5 Å². The summed E-state index contributed by atoms with van der Waals surface area (Å²) in [6.07, 6.45) is 4.54. The lowest BCUT2D eigenvalue weighted by Gasteiger charge is -2.40. The number of nitrogens with zero attached hydrogens (tertiary/aromatic N) is 2. The molecule has 7 nitrogen and oxygen atoms in total.